The summed E-state index contributed by atoms with van der Waals surface area (Å²) in [5, 5.41) is 3.28. The van der Waals surface area contributed by atoms with Gasteiger partial charge in [-0.3, -0.25) is 0 Å². The highest BCUT2D eigenvalue weighted by Crippen LogP contribution is 2.35. The lowest BCUT2D eigenvalue weighted by Gasteiger charge is -2.28. The molecule has 98 valence electrons. The van der Waals surface area contributed by atoms with Gasteiger partial charge < -0.3 is 5.32 Å². The normalized spacial score (nSPS) is 15.2. The third-order valence-electron chi connectivity index (χ3n) is 2.46. The molecule has 5 heteroatoms. The number of halogens is 3. The average molecular weight is 257 g/mol. The second-order valence-electron chi connectivity index (χ2n) is 4.87. The summed E-state index contributed by atoms with van der Waals surface area (Å²) in [5.74, 6) is 0.148. The molecule has 1 nitrogen and oxygen atoms in total. The molecule has 0 bridgehead atoms. The smallest absolute Gasteiger partial charge is 0.315 e. The van der Waals surface area contributed by atoms with Gasteiger partial charge in [-0.2, -0.15) is 13.2 Å². The van der Waals surface area contributed by atoms with Gasteiger partial charge in [-0.05, 0) is 31.7 Å². The van der Waals surface area contributed by atoms with E-state index in [0.717, 1.165) is 13.0 Å². The molecule has 0 saturated heterocycles. The first-order chi connectivity index (χ1) is 7.16. The van der Waals surface area contributed by atoms with E-state index >= 15 is 0 Å². The van der Waals surface area contributed by atoms with Crippen molar-refractivity contribution >= 4 is 11.8 Å². The molecule has 0 fully saturated rings. The molecule has 0 spiro atoms. The maximum absolute atomic E-state index is 12.0. The Hall–Kier alpha value is 0.100. The van der Waals surface area contributed by atoms with Crippen molar-refractivity contribution in [2.24, 2.45) is 5.41 Å². The van der Waals surface area contributed by atoms with E-state index in [9.17, 15) is 13.2 Å². The van der Waals surface area contributed by atoms with E-state index in [1.807, 2.05) is 20.8 Å². The van der Waals surface area contributed by atoms with Gasteiger partial charge in [-0.1, -0.05) is 32.5 Å². The molecule has 0 radical (unpaired) electrons. The monoisotopic (exact) mass is 257 g/mol. The molecular weight excluding hydrogens is 235 g/mol. The fraction of sp³-hybridized carbons (Fsp3) is 1.00. The minimum absolute atomic E-state index is 0.0418. The van der Waals surface area contributed by atoms with Gasteiger partial charge in [0, 0.05) is 11.8 Å². The highest BCUT2D eigenvalue weighted by molar-refractivity contribution is 8.00. The van der Waals surface area contributed by atoms with Gasteiger partial charge in [-0.25, -0.2) is 0 Å². The van der Waals surface area contributed by atoms with E-state index in [1.54, 1.807) is 0 Å². The van der Waals surface area contributed by atoms with E-state index in [2.05, 4.69) is 12.2 Å². The van der Waals surface area contributed by atoms with Crippen molar-refractivity contribution in [3.05, 3.63) is 0 Å². The van der Waals surface area contributed by atoms with Crippen LogP contribution < -0.4 is 5.32 Å². The van der Waals surface area contributed by atoms with Crippen molar-refractivity contribution < 1.29 is 13.2 Å². The Kier molecular flexibility index (Phi) is 6.79. The molecule has 0 aromatic heterocycles. The van der Waals surface area contributed by atoms with Crippen LogP contribution in [0.1, 0.15) is 40.5 Å². The number of thioether (sulfide) groups is 1. The van der Waals surface area contributed by atoms with Gasteiger partial charge in [-0.15, -0.1) is 0 Å². The molecule has 0 rings (SSSR count). The summed E-state index contributed by atoms with van der Waals surface area (Å²) in [5.41, 5.74) is -4.14. The van der Waals surface area contributed by atoms with Gasteiger partial charge in [0.2, 0.25) is 0 Å². The summed E-state index contributed by atoms with van der Waals surface area (Å²) < 4.78 is 35.9. The number of hydrogen-bond acceptors (Lipinski definition) is 2. The summed E-state index contributed by atoms with van der Waals surface area (Å²) >= 11 is 0.0805. The average Bonchev–Trinajstić information content (AvgIpc) is 1.99. The molecular formula is C11H22F3NS. The van der Waals surface area contributed by atoms with Gasteiger partial charge in [0.1, 0.15) is 0 Å². The van der Waals surface area contributed by atoms with E-state index in [4.69, 9.17) is 0 Å². The molecule has 0 amide bonds. The second-order valence-corrected chi connectivity index (χ2v) is 6.03. The second kappa shape index (κ2) is 6.74. The van der Waals surface area contributed by atoms with Gasteiger partial charge >= 0.3 is 5.51 Å². The quantitative estimate of drug-likeness (QED) is 0.738. The third kappa shape index (κ3) is 9.33. The molecule has 0 saturated carbocycles. The lowest BCUT2D eigenvalue weighted by molar-refractivity contribution is -0.0329. The van der Waals surface area contributed by atoms with Crippen molar-refractivity contribution in [3.63, 3.8) is 0 Å². The maximum atomic E-state index is 12.0. The van der Waals surface area contributed by atoms with Crippen LogP contribution in [0.2, 0.25) is 0 Å². The fourth-order valence-corrected chi connectivity index (χ4v) is 2.68. The molecule has 0 aromatic carbocycles. The first-order valence-electron chi connectivity index (χ1n) is 5.60. The zero-order valence-corrected chi connectivity index (χ0v) is 11.3. The van der Waals surface area contributed by atoms with E-state index in [-0.39, 0.29) is 22.9 Å². The topological polar surface area (TPSA) is 12.0 Å². The van der Waals surface area contributed by atoms with Crippen molar-refractivity contribution in [2.45, 2.75) is 52.1 Å². The van der Waals surface area contributed by atoms with Crippen molar-refractivity contribution in [3.8, 4) is 0 Å². The zero-order chi connectivity index (χ0) is 12.8. The molecule has 1 atom stereocenters. The molecule has 0 heterocycles. The van der Waals surface area contributed by atoms with Crippen molar-refractivity contribution in [1.82, 2.24) is 5.32 Å². The first-order valence-corrected chi connectivity index (χ1v) is 6.59. The summed E-state index contributed by atoms with van der Waals surface area (Å²) in [6.45, 7) is 9.05. The highest BCUT2D eigenvalue weighted by atomic mass is 32.2. The molecule has 1 unspecified atom stereocenters. The minimum Gasteiger partial charge on any atom is -0.315 e. The lowest BCUT2D eigenvalue weighted by Crippen LogP contribution is -2.31. The van der Waals surface area contributed by atoms with Crippen molar-refractivity contribution in [2.75, 3.05) is 12.3 Å². The molecule has 1 N–H and O–H groups in total. The van der Waals surface area contributed by atoms with Gasteiger partial charge in [0.15, 0.2) is 0 Å². The minimum atomic E-state index is -4.09. The van der Waals surface area contributed by atoms with Crippen LogP contribution in [-0.4, -0.2) is 23.8 Å². The number of alkyl halides is 3. The van der Waals surface area contributed by atoms with Crippen LogP contribution in [0.4, 0.5) is 13.2 Å². The van der Waals surface area contributed by atoms with E-state index in [0.29, 0.717) is 12.5 Å². The summed E-state index contributed by atoms with van der Waals surface area (Å²) in [6, 6.07) is 0.357. The summed E-state index contributed by atoms with van der Waals surface area (Å²) in [4.78, 5) is 0. The molecule has 0 aliphatic carbocycles. The Morgan fingerprint density at radius 3 is 2.25 bits per heavy atom. The Labute approximate surface area is 101 Å². The predicted molar refractivity (Wildman–Crippen MR) is 64.7 cm³/mol. The summed E-state index contributed by atoms with van der Waals surface area (Å²) in [6.07, 6.45) is 1.49. The Morgan fingerprint density at radius 1 is 1.25 bits per heavy atom. The zero-order valence-electron chi connectivity index (χ0n) is 10.4. The molecule has 16 heavy (non-hydrogen) atoms. The van der Waals surface area contributed by atoms with E-state index in [1.165, 1.54) is 0 Å². The molecule has 0 aromatic rings. The Balaban J connectivity index is 3.86. The van der Waals surface area contributed by atoms with Crippen LogP contribution in [-0.2, 0) is 0 Å². The molecule has 0 aliphatic heterocycles. The van der Waals surface area contributed by atoms with Crippen LogP contribution in [0.5, 0.6) is 0 Å². The highest BCUT2D eigenvalue weighted by Gasteiger charge is 2.29. The number of nitrogens with one attached hydrogen (secondary N) is 1. The SMILES string of the molecule is CCNC(C)CC(C)(C)CCSC(F)(F)F. The third-order valence-corrected chi connectivity index (χ3v) is 3.19. The van der Waals surface area contributed by atoms with Crippen LogP contribution >= 0.6 is 11.8 Å². The molecule has 0 aliphatic rings. The number of hydrogen-bond donors (Lipinski definition) is 1. The fourth-order valence-electron chi connectivity index (χ4n) is 1.79. The standard InChI is InChI=1S/C11H22F3NS/c1-5-15-9(2)8-10(3,4)6-7-16-11(12,13)14/h9,15H,5-8H2,1-4H3. The largest absolute Gasteiger partial charge is 0.441 e. The van der Waals surface area contributed by atoms with Crippen molar-refractivity contribution in [1.29, 1.82) is 0 Å². The number of rotatable bonds is 7. The van der Waals surface area contributed by atoms with Crippen LogP contribution in [0.15, 0.2) is 0 Å². The van der Waals surface area contributed by atoms with Crippen LogP contribution in [0, 0.1) is 5.41 Å². The van der Waals surface area contributed by atoms with Gasteiger partial charge in [0.05, 0.1) is 0 Å². The van der Waals surface area contributed by atoms with Gasteiger partial charge in [0.25, 0.3) is 0 Å². The Bertz CT molecular complexity index is 192. The Morgan fingerprint density at radius 2 is 1.81 bits per heavy atom. The van der Waals surface area contributed by atoms with Crippen LogP contribution in [0.3, 0.4) is 0 Å². The van der Waals surface area contributed by atoms with E-state index < -0.39 is 5.51 Å². The van der Waals surface area contributed by atoms with Crippen LogP contribution in [0.25, 0.3) is 0 Å². The lowest BCUT2D eigenvalue weighted by atomic mass is 9.83. The first kappa shape index (κ1) is 16.1. The summed E-state index contributed by atoms with van der Waals surface area (Å²) in [7, 11) is 0. The predicted octanol–water partition coefficient (Wildman–Crippen LogP) is 4.04. The maximum Gasteiger partial charge on any atom is 0.441 e.